The van der Waals surface area contributed by atoms with Crippen LogP contribution in [-0.4, -0.2) is 12.0 Å². The van der Waals surface area contributed by atoms with Crippen molar-refractivity contribution in [2.75, 3.05) is 7.05 Å². The summed E-state index contributed by atoms with van der Waals surface area (Å²) in [6.07, 6.45) is 4.38. The zero-order valence-electron chi connectivity index (χ0n) is 9.46. The Morgan fingerprint density at radius 2 is 2.25 bits per heavy atom. The van der Waals surface area contributed by atoms with E-state index in [1.807, 2.05) is 19.3 Å². The summed E-state index contributed by atoms with van der Waals surface area (Å²) in [6.45, 7) is 0. The molecular weight excluding hydrogens is 196 g/mol. The number of hydrogen-bond acceptors (Lipinski definition) is 1. The maximum absolute atomic E-state index is 3.37. The Balaban J connectivity index is 2.01. The van der Waals surface area contributed by atoms with Gasteiger partial charge in [0.2, 0.25) is 0 Å². The number of H-pyrrole nitrogens is 1. The molecule has 0 saturated heterocycles. The van der Waals surface area contributed by atoms with Gasteiger partial charge in [0.05, 0.1) is 0 Å². The van der Waals surface area contributed by atoms with Crippen molar-refractivity contribution in [1.82, 2.24) is 10.3 Å². The first kappa shape index (κ1) is 9.67. The largest absolute Gasteiger partial charge is 0.361 e. The van der Waals surface area contributed by atoms with Gasteiger partial charge < -0.3 is 10.3 Å². The topological polar surface area (TPSA) is 27.8 Å². The molecule has 3 rings (SSSR count). The van der Waals surface area contributed by atoms with Gasteiger partial charge in [-0.15, -0.1) is 0 Å². The molecule has 1 unspecified atom stereocenters. The van der Waals surface area contributed by atoms with E-state index in [1.165, 1.54) is 35.2 Å². The van der Waals surface area contributed by atoms with Crippen LogP contribution in [0.25, 0.3) is 11.3 Å². The molecule has 82 valence electrons. The van der Waals surface area contributed by atoms with Gasteiger partial charge in [-0.2, -0.15) is 0 Å². The molecule has 2 N–H and O–H groups in total. The van der Waals surface area contributed by atoms with Crippen LogP contribution in [-0.2, 0) is 6.42 Å². The molecule has 0 spiro atoms. The lowest BCUT2D eigenvalue weighted by Gasteiger charge is -2.10. The summed E-state index contributed by atoms with van der Waals surface area (Å²) in [5.74, 6) is 0. The normalized spacial score (nSPS) is 18.7. The monoisotopic (exact) mass is 212 g/mol. The van der Waals surface area contributed by atoms with E-state index in [0.29, 0.717) is 6.04 Å². The molecule has 2 heteroatoms. The third-order valence-corrected chi connectivity index (χ3v) is 3.48. The first-order valence-electron chi connectivity index (χ1n) is 5.82. The van der Waals surface area contributed by atoms with Crippen LogP contribution >= 0.6 is 0 Å². The molecule has 1 aromatic heterocycles. The Hall–Kier alpha value is -1.54. The van der Waals surface area contributed by atoms with Gasteiger partial charge >= 0.3 is 0 Å². The van der Waals surface area contributed by atoms with Crippen molar-refractivity contribution >= 4 is 0 Å². The molecule has 1 aromatic carbocycles. The maximum Gasteiger partial charge on any atom is 0.0453 e. The van der Waals surface area contributed by atoms with Crippen LogP contribution in [0.4, 0.5) is 0 Å². The number of fused-ring (bicyclic) bond motifs is 1. The van der Waals surface area contributed by atoms with Gasteiger partial charge in [-0.1, -0.05) is 12.1 Å². The lowest BCUT2D eigenvalue weighted by molar-refractivity contribution is 0.590. The van der Waals surface area contributed by atoms with E-state index < -0.39 is 0 Å². The summed E-state index contributed by atoms with van der Waals surface area (Å²) < 4.78 is 0. The van der Waals surface area contributed by atoms with E-state index >= 15 is 0 Å². The number of aromatic nitrogens is 1. The fourth-order valence-electron chi connectivity index (χ4n) is 2.59. The molecule has 2 aromatic rings. The molecule has 1 atom stereocenters. The number of nitrogens with one attached hydrogen (secondary N) is 2. The Bertz CT molecular complexity index is 485. The van der Waals surface area contributed by atoms with Crippen LogP contribution in [0.2, 0.25) is 0 Å². The van der Waals surface area contributed by atoms with Crippen molar-refractivity contribution in [3.63, 3.8) is 0 Å². The highest BCUT2D eigenvalue weighted by Crippen LogP contribution is 2.33. The molecule has 0 radical (unpaired) electrons. The Labute approximate surface area is 95.7 Å². The highest BCUT2D eigenvalue weighted by molar-refractivity contribution is 5.62. The number of aryl methyl sites for hydroxylation is 1. The fraction of sp³-hybridized carbons (Fsp3) is 0.286. The van der Waals surface area contributed by atoms with Gasteiger partial charge in [-0.05, 0) is 54.8 Å². The summed E-state index contributed by atoms with van der Waals surface area (Å²) in [5, 5.41) is 3.37. The first-order chi connectivity index (χ1) is 7.88. The average molecular weight is 212 g/mol. The molecule has 16 heavy (non-hydrogen) atoms. The molecule has 0 saturated carbocycles. The van der Waals surface area contributed by atoms with Crippen molar-refractivity contribution in [1.29, 1.82) is 0 Å². The predicted molar refractivity (Wildman–Crippen MR) is 66.4 cm³/mol. The maximum atomic E-state index is 3.37. The van der Waals surface area contributed by atoms with Crippen molar-refractivity contribution in [3.8, 4) is 11.3 Å². The Morgan fingerprint density at radius 3 is 3.00 bits per heavy atom. The van der Waals surface area contributed by atoms with Crippen molar-refractivity contribution in [2.24, 2.45) is 0 Å². The SMILES string of the molecule is CNC1CCc2cc(-c3ccc[nH]3)ccc21. The second-order valence-electron chi connectivity index (χ2n) is 4.38. The van der Waals surface area contributed by atoms with E-state index in [-0.39, 0.29) is 0 Å². The van der Waals surface area contributed by atoms with Gasteiger partial charge in [0.1, 0.15) is 0 Å². The highest BCUT2D eigenvalue weighted by atomic mass is 14.9. The second-order valence-corrected chi connectivity index (χ2v) is 4.38. The van der Waals surface area contributed by atoms with Crippen molar-refractivity contribution < 1.29 is 0 Å². The molecule has 0 amide bonds. The number of benzene rings is 1. The second kappa shape index (κ2) is 3.80. The third-order valence-electron chi connectivity index (χ3n) is 3.48. The van der Waals surface area contributed by atoms with E-state index in [1.54, 1.807) is 0 Å². The van der Waals surface area contributed by atoms with Gasteiger partial charge in [-0.25, -0.2) is 0 Å². The van der Waals surface area contributed by atoms with Gasteiger partial charge in [0.25, 0.3) is 0 Å². The Morgan fingerprint density at radius 1 is 1.31 bits per heavy atom. The summed E-state index contributed by atoms with van der Waals surface area (Å²) in [4.78, 5) is 3.25. The van der Waals surface area contributed by atoms with E-state index in [4.69, 9.17) is 0 Å². The molecule has 0 aliphatic heterocycles. The van der Waals surface area contributed by atoms with E-state index in [2.05, 4.69) is 34.6 Å². The van der Waals surface area contributed by atoms with Crippen LogP contribution in [0.5, 0.6) is 0 Å². The lowest BCUT2D eigenvalue weighted by Crippen LogP contribution is -2.12. The van der Waals surface area contributed by atoms with Gasteiger partial charge in [-0.3, -0.25) is 0 Å². The zero-order valence-corrected chi connectivity index (χ0v) is 9.46. The van der Waals surface area contributed by atoms with Crippen molar-refractivity contribution in [2.45, 2.75) is 18.9 Å². The first-order valence-corrected chi connectivity index (χ1v) is 5.82. The Kier molecular flexibility index (Phi) is 2.29. The van der Waals surface area contributed by atoms with Crippen molar-refractivity contribution in [3.05, 3.63) is 47.7 Å². The van der Waals surface area contributed by atoms with Crippen LogP contribution in [0.1, 0.15) is 23.6 Å². The minimum absolute atomic E-state index is 0.549. The number of hydrogen-bond donors (Lipinski definition) is 2. The highest BCUT2D eigenvalue weighted by Gasteiger charge is 2.20. The molecule has 1 aliphatic carbocycles. The van der Waals surface area contributed by atoms with Crippen LogP contribution in [0.15, 0.2) is 36.5 Å². The molecular formula is C14H16N2. The molecule has 0 fully saturated rings. The minimum Gasteiger partial charge on any atom is -0.361 e. The fourth-order valence-corrected chi connectivity index (χ4v) is 2.59. The van der Waals surface area contributed by atoms with E-state index in [0.717, 1.165) is 0 Å². The molecule has 0 bridgehead atoms. The van der Waals surface area contributed by atoms with Gasteiger partial charge in [0.15, 0.2) is 0 Å². The van der Waals surface area contributed by atoms with E-state index in [9.17, 15) is 0 Å². The van der Waals surface area contributed by atoms with Crippen LogP contribution < -0.4 is 5.32 Å². The smallest absolute Gasteiger partial charge is 0.0453 e. The summed E-state index contributed by atoms with van der Waals surface area (Å²) in [7, 11) is 2.04. The summed E-state index contributed by atoms with van der Waals surface area (Å²) in [6, 6.07) is 11.5. The zero-order chi connectivity index (χ0) is 11.0. The molecule has 2 nitrogen and oxygen atoms in total. The van der Waals surface area contributed by atoms with Gasteiger partial charge in [0, 0.05) is 17.9 Å². The molecule has 1 aliphatic rings. The number of rotatable bonds is 2. The summed E-state index contributed by atoms with van der Waals surface area (Å²) in [5.41, 5.74) is 5.46. The lowest BCUT2D eigenvalue weighted by atomic mass is 10.0. The summed E-state index contributed by atoms with van der Waals surface area (Å²) >= 11 is 0. The van der Waals surface area contributed by atoms with Crippen LogP contribution in [0, 0.1) is 0 Å². The number of aromatic amines is 1. The van der Waals surface area contributed by atoms with Crippen LogP contribution in [0.3, 0.4) is 0 Å². The quantitative estimate of drug-likeness (QED) is 0.787. The third kappa shape index (κ3) is 1.46. The standard InChI is InChI=1S/C14H16N2/c1-15-14-7-5-10-9-11(4-6-12(10)14)13-3-2-8-16-13/h2-4,6,8-9,14-16H,5,7H2,1H3. The molecule has 1 heterocycles. The predicted octanol–water partition coefficient (Wildman–Crippen LogP) is 2.89. The average Bonchev–Trinajstić information content (AvgIpc) is 2.97. The minimum atomic E-state index is 0.549.